The maximum atomic E-state index is 12.5. The summed E-state index contributed by atoms with van der Waals surface area (Å²) in [6, 6.07) is 19.2. The van der Waals surface area contributed by atoms with E-state index in [9.17, 15) is 8.42 Å². The van der Waals surface area contributed by atoms with Crippen molar-refractivity contribution in [3.05, 3.63) is 66.2 Å². The quantitative estimate of drug-likeness (QED) is 0.248. The summed E-state index contributed by atoms with van der Waals surface area (Å²) in [5.41, 5.74) is 1.20. The molecule has 2 aromatic rings. The molecule has 3 atom stereocenters. The fourth-order valence-electron chi connectivity index (χ4n) is 4.62. The Morgan fingerprint density at radius 3 is 2.03 bits per heavy atom. The van der Waals surface area contributed by atoms with E-state index in [1.54, 1.807) is 31.3 Å². The van der Waals surface area contributed by atoms with Crippen LogP contribution in [0.25, 0.3) is 0 Å². The molecule has 2 aromatic carbocycles. The average Bonchev–Trinajstić information content (AvgIpc) is 3.27. The molecular weight excluding hydrogens is 456 g/mol. The van der Waals surface area contributed by atoms with Crippen molar-refractivity contribution in [2.75, 3.05) is 13.6 Å². The highest BCUT2D eigenvalue weighted by atomic mass is 32.2. The number of sulfonamides is 1. The molecule has 1 aliphatic rings. The van der Waals surface area contributed by atoms with Crippen LogP contribution in [0.15, 0.2) is 70.6 Å². The number of rotatable bonds is 15. The first-order chi connectivity index (χ1) is 16.9. The Morgan fingerprint density at radius 1 is 0.857 bits per heavy atom. The summed E-state index contributed by atoms with van der Waals surface area (Å²) in [5, 5.41) is 0. The van der Waals surface area contributed by atoms with Gasteiger partial charge in [0.25, 0.3) is 0 Å². The Labute approximate surface area is 212 Å². The zero-order valence-electron chi connectivity index (χ0n) is 21.6. The van der Waals surface area contributed by atoms with Gasteiger partial charge in [-0.2, -0.15) is 0 Å². The van der Waals surface area contributed by atoms with Gasteiger partial charge in [-0.25, -0.2) is 17.7 Å². The van der Waals surface area contributed by atoms with Crippen LogP contribution in [0.1, 0.15) is 83.3 Å². The molecule has 192 valence electrons. The summed E-state index contributed by atoms with van der Waals surface area (Å²) < 4.78 is 32.8. The minimum Gasteiger partial charge on any atom is -0.470 e. The first-order valence-corrected chi connectivity index (χ1v) is 14.6. The number of nitrogens with zero attached hydrogens (tertiary/aromatic N) is 2. The Hall–Kier alpha value is -2.18. The third-order valence-electron chi connectivity index (χ3n) is 6.88. The molecule has 6 heteroatoms. The smallest absolute Gasteiger partial charge is 0.242 e. The summed E-state index contributed by atoms with van der Waals surface area (Å²) in [6.45, 7) is 4.94. The first-order valence-electron chi connectivity index (χ1n) is 13.2. The van der Waals surface area contributed by atoms with Crippen molar-refractivity contribution in [3.8, 4) is 0 Å². The molecule has 0 saturated carbocycles. The topological polar surface area (TPSA) is 59.0 Å². The lowest BCUT2D eigenvalue weighted by molar-refractivity contribution is 0.189. The van der Waals surface area contributed by atoms with Crippen molar-refractivity contribution < 1.29 is 13.2 Å². The molecule has 35 heavy (non-hydrogen) atoms. The number of hydrogen-bond acceptors (Lipinski definition) is 4. The number of benzene rings is 2. The van der Waals surface area contributed by atoms with Crippen molar-refractivity contribution in [1.29, 1.82) is 0 Å². The zero-order chi connectivity index (χ0) is 25.1. The van der Waals surface area contributed by atoms with Gasteiger partial charge in [0, 0.05) is 19.5 Å². The molecule has 0 saturated heterocycles. The van der Waals surface area contributed by atoms with Gasteiger partial charge in [-0.15, -0.1) is 0 Å². The van der Waals surface area contributed by atoms with Gasteiger partial charge in [-0.3, -0.25) is 0 Å². The van der Waals surface area contributed by atoms with Crippen LogP contribution in [-0.2, 0) is 14.8 Å². The molecule has 1 heterocycles. The summed E-state index contributed by atoms with van der Waals surface area (Å²) >= 11 is 0. The van der Waals surface area contributed by atoms with Crippen LogP contribution in [0.5, 0.6) is 0 Å². The van der Waals surface area contributed by atoms with Gasteiger partial charge >= 0.3 is 0 Å². The van der Waals surface area contributed by atoms with Gasteiger partial charge in [-0.05, 0) is 37.5 Å². The van der Waals surface area contributed by atoms with Crippen LogP contribution in [0.4, 0.5) is 0 Å². The molecule has 0 N–H and O–H groups in total. The highest BCUT2D eigenvalue weighted by Crippen LogP contribution is 2.31. The van der Waals surface area contributed by atoms with Gasteiger partial charge in [0.1, 0.15) is 6.10 Å². The molecule has 0 bridgehead atoms. The monoisotopic (exact) mass is 498 g/mol. The number of aliphatic imine (C=N–C) groups is 1. The molecule has 3 rings (SSSR count). The highest BCUT2D eigenvalue weighted by Gasteiger charge is 2.31. The normalized spacial score (nSPS) is 18.9. The van der Waals surface area contributed by atoms with E-state index in [1.807, 2.05) is 12.1 Å². The predicted octanol–water partition coefficient (Wildman–Crippen LogP) is 7.01. The van der Waals surface area contributed by atoms with Crippen LogP contribution in [0, 0.1) is 5.92 Å². The van der Waals surface area contributed by atoms with Crippen LogP contribution in [0.2, 0.25) is 0 Å². The van der Waals surface area contributed by atoms with Crippen LogP contribution >= 0.6 is 0 Å². The second-order valence-electron chi connectivity index (χ2n) is 9.81. The summed E-state index contributed by atoms with van der Waals surface area (Å²) in [5.74, 6) is 1.29. The Kier molecular flexibility index (Phi) is 10.8. The molecule has 0 aliphatic carbocycles. The van der Waals surface area contributed by atoms with Crippen LogP contribution < -0.4 is 0 Å². The maximum absolute atomic E-state index is 12.5. The summed E-state index contributed by atoms with van der Waals surface area (Å²) in [4.78, 5) is 5.17. The molecule has 0 spiro atoms. The third kappa shape index (κ3) is 8.18. The lowest BCUT2D eigenvalue weighted by atomic mass is 10.0. The second-order valence-corrected chi connectivity index (χ2v) is 11.9. The Morgan fingerprint density at radius 2 is 1.40 bits per heavy atom. The minimum absolute atomic E-state index is 0.0480. The molecule has 0 radical (unpaired) electrons. The van der Waals surface area contributed by atoms with E-state index >= 15 is 0 Å². The van der Waals surface area contributed by atoms with E-state index in [4.69, 9.17) is 9.73 Å². The Bertz CT molecular complexity index is 1010. The van der Waals surface area contributed by atoms with E-state index in [1.165, 1.54) is 48.4 Å². The molecule has 0 aromatic heterocycles. The van der Waals surface area contributed by atoms with Crippen molar-refractivity contribution >= 4 is 15.9 Å². The molecule has 0 fully saturated rings. The van der Waals surface area contributed by atoms with Gasteiger partial charge in [-0.1, -0.05) is 100 Å². The second kappa shape index (κ2) is 13.8. The van der Waals surface area contributed by atoms with Crippen molar-refractivity contribution in [1.82, 2.24) is 4.31 Å². The lowest BCUT2D eigenvalue weighted by Gasteiger charge is -2.17. The van der Waals surface area contributed by atoms with Gasteiger partial charge in [0.05, 0.1) is 10.9 Å². The molecule has 1 unspecified atom stereocenters. The molecule has 5 nitrogen and oxygen atoms in total. The van der Waals surface area contributed by atoms with E-state index in [0.29, 0.717) is 17.4 Å². The first kappa shape index (κ1) is 27.4. The Balaban J connectivity index is 1.21. The fraction of sp³-hybridized carbons (Fsp3) is 0.552. The number of hydrogen-bond donors (Lipinski definition) is 0. The standard InChI is InChI=1S/C29H42N2O3S/c1-24(29-30-25(2)28(34-29)26-19-13-10-14-20-26)18-12-8-6-4-5-7-9-17-23-31(3)35(32,33)27-21-15-11-16-22-27/h10-11,13-16,19-22,24-25,28H,4-9,12,17-18,23H2,1-3H3/t24?,25-,28-/m0/s1. The lowest BCUT2D eigenvalue weighted by Crippen LogP contribution is -2.27. The van der Waals surface area contributed by atoms with Crippen LogP contribution in [-0.4, -0.2) is 38.3 Å². The molecule has 0 amide bonds. The van der Waals surface area contributed by atoms with E-state index in [2.05, 4.69) is 38.1 Å². The van der Waals surface area contributed by atoms with Gasteiger partial charge in [0.15, 0.2) is 5.90 Å². The fourth-order valence-corrected chi connectivity index (χ4v) is 5.85. The zero-order valence-corrected chi connectivity index (χ0v) is 22.4. The van der Waals surface area contributed by atoms with E-state index in [-0.39, 0.29) is 12.1 Å². The van der Waals surface area contributed by atoms with Gasteiger partial charge < -0.3 is 4.74 Å². The predicted molar refractivity (Wildman–Crippen MR) is 144 cm³/mol. The average molecular weight is 499 g/mol. The maximum Gasteiger partial charge on any atom is 0.242 e. The summed E-state index contributed by atoms with van der Waals surface area (Å²) in [7, 11) is -1.69. The van der Waals surface area contributed by atoms with E-state index in [0.717, 1.165) is 25.2 Å². The SMILES string of the molecule is CC(CCCCCCCCCCN(C)S(=O)(=O)c1ccccc1)C1=N[C@@H](C)[C@@H](c2ccccc2)O1. The molecular formula is C29H42N2O3S. The van der Waals surface area contributed by atoms with Gasteiger partial charge in [0.2, 0.25) is 10.0 Å². The summed E-state index contributed by atoms with van der Waals surface area (Å²) in [6.07, 6.45) is 10.5. The molecule has 1 aliphatic heterocycles. The number of unbranched alkanes of at least 4 members (excludes halogenated alkanes) is 7. The van der Waals surface area contributed by atoms with Crippen molar-refractivity contribution in [2.45, 2.75) is 88.7 Å². The van der Waals surface area contributed by atoms with E-state index < -0.39 is 10.0 Å². The van der Waals surface area contributed by atoms with Crippen molar-refractivity contribution in [2.24, 2.45) is 10.9 Å². The highest BCUT2D eigenvalue weighted by molar-refractivity contribution is 7.89. The minimum atomic E-state index is -3.36. The largest absolute Gasteiger partial charge is 0.470 e. The number of ether oxygens (including phenoxy) is 1. The van der Waals surface area contributed by atoms with Crippen molar-refractivity contribution in [3.63, 3.8) is 0 Å². The third-order valence-corrected chi connectivity index (χ3v) is 8.75. The van der Waals surface area contributed by atoms with Crippen LogP contribution in [0.3, 0.4) is 0 Å².